The van der Waals surface area contributed by atoms with Crippen molar-refractivity contribution in [3.8, 4) is 12.1 Å². The zero-order chi connectivity index (χ0) is 22.3. The molecule has 0 aliphatic carbocycles. The summed E-state index contributed by atoms with van der Waals surface area (Å²) in [6, 6.07) is 28.3. The number of benzene rings is 3. The fourth-order valence-electron chi connectivity index (χ4n) is 5.22. The lowest BCUT2D eigenvalue weighted by Gasteiger charge is -2.34. The standard InChI is InChI=1S/C28H21N3O/c1-19-11-13-22(14-12-19)26(32)25-24(21-8-3-2-4-9-21)28(17-29,18-30)27-23-10-6-5-7-20(23)15-16-31(25)27/h2-16,24-25,27H,1H3/t24-,25-,27+/m0/s1. The van der Waals surface area contributed by atoms with Crippen molar-refractivity contribution in [3.05, 3.63) is 113 Å². The Balaban J connectivity index is 1.76. The molecule has 4 heteroatoms. The lowest BCUT2D eigenvalue weighted by molar-refractivity contribution is 0.0874. The van der Waals surface area contributed by atoms with E-state index >= 15 is 0 Å². The first-order chi connectivity index (χ1) is 15.6. The Hall–Kier alpha value is -4.15. The Morgan fingerprint density at radius 1 is 0.906 bits per heavy atom. The van der Waals surface area contributed by atoms with E-state index in [2.05, 4.69) is 12.1 Å². The van der Waals surface area contributed by atoms with Gasteiger partial charge < -0.3 is 4.90 Å². The van der Waals surface area contributed by atoms with Crippen LogP contribution in [-0.2, 0) is 0 Å². The summed E-state index contributed by atoms with van der Waals surface area (Å²) >= 11 is 0. The average molecular weight is 415 g/mol. The van der Waals surface area contributed by atoms with Crippen LogP contribution in [0.4, 0.5) is 0 Å². The van der Waals surface area contributed by atoms with Gasteiger partial charge >= 0.3 is 0 Å². The highest BCUT2D eigenvalue weighted by Gasteiger charge is 2.63. The molecule has 0 saturated carbocycles. The van der Waals surface area contributed by atoms with Crippen molar-refractivity contribution < 1.29 is 4.79 Å². The van der Waals surface area contributed by atoms with Crippen LogP contribution in [0.2, 0.25) is 0 Å². The Morgan fingerprint density at radius 3 is 2.25 bits per heavy atom. The molecule has 3 atom stereocenters. The normalized spacial score (nSPS) is 22.3. The number of ketones is 1. The zero-order valence-corrected chi connectivity index (χ0v) is 17.6. The summed E-state index contributed by atoms with van der Waals surface area (Å²) in [5.41, 5.74) is 2.92. The third kappa shape index (κ3) is 2.77. The Kier molecular flexibility index (Phi) is 4.65. The summed E-state index contributed by atoms with van der Waals surface area (Å²) in [6.45, 7) is 1.98. The van der Waals surface area contributed by atoms with Gasteiger partial charge in [0.05, 0.1) is 18.2 Å². The van der Waals surface area contributed by atoms with Crippen LogP contribution < -0.4 is 0 Å². The first-order valence-corrected chi connectivity index (χ1v) is 10.6. The van der Waals surface area contributed by atoms with Crippen molar-refractivity contribution in [3.63, 3.8) is 0 Å². The molecular weight excluding hydrogens is 394 g/mol. The molecule has 0 N–H and O–H groups in total. The molecular formula is C28H21N3O. The third-order valence-electron chi connectivity index (χ3n) is 6.71. The van der Waals surface area contributed by atoms with Gasteiger partial charge in [-0.05, 0) is 29.7 Å². The van der Waals surface area contributed by atoms with Crippen LogP contribution in [0.1, 0.15) is 44.6 Å². The molecule has 5 rings (SSSR count). The molecule has 2 heterocycles. The first-order valence-electron chi connectivity index (χ1n) is 10.6. The maximum Gasteiger partial charge on any atom is 0.185 e. The van der Waals surface area contributed by atoms with Crippen LogP contribution in [0.15, 0.2) is 85.1 Å². The largest absolute Gasteiger partial charge is 0.357 e. The van der Waals surface area contributed by atoms with Gasteiger partial charge in [-0.25, -0.2) is 0 Å². The lowest BCUT2D eigenvalue weighted by atomic mass is 9.67. The van der Waals surface area contributed by atoms with E-state index in [0.29, 0.717) is 5.56 Å². The summed E-state index contributed by atoms with van der Waals surface area (Å²) in [5, 5.41) is 21.0. The minimum atomic E-state index is -1.42. The second-order valence-corrected chi connectivity index (χ2v) is 8.45. The number of Topliss-reactive ketones (excluding diaryl/α,β-unsaturated/α-hetero) is 1. The molecule has 154 valence electrons. The molecule has 0 spiro atoms. The molecule has 3 aromatic rings. The minimum absolute atomic E-state index is 0.0831. The van der Waals surface area contributed by atoms with Gasteiger partial charge in [0.15, 0.2) is 11.2 Å². The molecule has 0 amide bonds. The van der Waals surface area contributed by atoms with E-state index in [1.807, 2.05) is 103 Å². The van der Waals surface area contributed by atoms with Crippen molar-refractivity contribution in [2.75, 3.05) is 0 Å². The predicted molar refractivity (Wildman–Crippen MR) is 122 cm³/mol. The fourth-order valence-corrected chi connectivity index (χ4v) is 5.22. The number of hydrogen-bond donors (Lipinski definition) is 0. The number of nitriles is 2. The van der Waals surface area contributed by atoms with Crippen molar-refractivity contribution in [1.29, 1.82) is 10.5 Å². The topological polar surface area (TPSA) is 67.9 Å². The van der Waals surface area contributed by atoms with E-state index in [1.165, 1.54) is 0 Å². The van der Waals surface area contributed by atoms with Gasteiger partial charge in [0.25, 0.3) is 0 Å². The van der Waals surface area contributed by atoms with Gasteiger partial charge in [-0.1, -0.05) is 84.4 Å². The third-order valence-corrected chi connectivity index (χ3v) is 6.71. The number of carbonyl (C=O) groups excluding carboxylic acids is 1. The highest BCUT2D eigenvalue weighted by atomic mass is 16.1. The van der Waals surface area contributed by atoms with Crippen molar-refractivity contribution in [1.82, 2.24) is 4.90 Å². The number of rotatable bonds is 3. The number of nitrogens with zero attached hydrogens (tertiary/aromatic N) is 3. The lowest BCUT2D eigenvalue weighted by Crippen LogP contribution is -2.37. The smallest absolute Gasteiger partial charge is 0.185 e. The second-order valence-electron chi connectivity index (χ2n) is 8.45. The van der Waals surface area contributed by atoms with Gasteiger partial charge in [-0.2, -0.15) is 10.5 Å². The highest BCUT2D eigenvalue weighted by Crippen LogP contribution is 2.59. The van der Waals surface area contributed by atoms with E-state index in [9.17, 15) is 15.3 Å². The van der Waals surface area contributed by atoms with Crippen LogP contribution in [0.25, 0.3) is 6.08 Å². The molecule has 0 radical (unpaired) electrons. The van der Waals surface area contributed by atoms with E-state index in [1.54, 1.807) is 0 Å². The molecule has 32 heavy (non-hydrogen) atoms. The minimum Gasteiger partial charge on any atom is -0.357 e. The van der Waals surface area contributed by atoms with Crippen LogP contribution >= 0.6 is 0 Å². The van der Waals surface area contributed by atoms with Crippen LogP contribution in [0.5, 0.6) is 0 Å². The molecule has 4 nitrogen and oxygen atoms in total. The maximum absolute atomic E-state index is 13.9. The number of carbonyl (C=O) groups is 1. The number of aryl methyl sites for hydroxylation is 1. The van der Waals surface area contributed by atoms with Gasteiger partial charge in [-0.3, -0.25) is 4.79 Å². The molecule has 3 aromatic carbocycles. The first kappa shape index (κ1) is 19.8. The van der Waals surface area contributed by atoms with E-state index in [4.69, 9.17) is 0 Å². The molecule has 2 aliphatic heterocycles. The van der Waals surface area contributed by atoms with Gasteiger partial charge in [0.1, 0.15) is 6.04 Å². The SMILES string of the molecule is Cc1ccc(C(=O)[C@@H]2[C@H](c3ccccc3)C(C#N)(C#N)[C@H]3c4ccccc4C=CN23)cc1. The molecule has 0 aromatic heterocycles. The van der Waals surface area contributed by atoms with Crippen molar-refractivity contribution in [2.24, 2.45) is 5.41 Å². The van der Waals surface area contributed by atoms with Crippen LogP contribution in [0, 0.1) is 35.0 Å². The molecule has 2 aliphatic rings. The quantitative estimate of drug-likeness (QED) is 0.537. The van der Waals surface area contributed by atoms with E-state index in [-0.39, 0.29) is 5.78 Å². The summed E-state index contributed by atoms with van der Waals surface area (Å²) < 4.78 is 0. The van der Waals surface area contributed by atoms with Crippen molar-refractivity contribution >= 4 is 11.9 Å². The Bertz CT molecular complexity index is 1280. The number of fused-ring (bicyclic) bond motifs is 3. The zero-order valence-electron chi connectivity index (χ0n) is 17.6. The van der Waals surface area contributed by atoms with Crippen molar-refractivity contribution in [2.45, 2.75) is 24.9 Å². The Morgan fingerprint density at radius 2 is 1.56 bits per heavy atom. The van der Waals surface area contributed by atoms with Crippen LogP contribution in [0.3, 0.4) is 0 Å². The predicted octanol–water partition coefficient (Wildman–Crippen LogP) is 5.40. The average Bonchev–Trinajstić information content (AvgIpc) is 3.15. The Labute approximate surface area is 187 Å². The summed E-state index contributed by atoms with van der Waals surface area (Å²) in [6.07, 6.45) is 3.85. The highest BCUT2D eigenvalue weighted by molar-refractivity contribution is 6.01. The second kappa shape index (κ2) is 7.52. The van der Waals surface area contributed by atoms with Crippen LogP contribution in [-0.4, -0.2) is 16.7 Å². The summed E-state index contributed by atoms with van der Waals surface area (Å²) in [7, 11) is 0. The number of hydrogen-bond acceptors (Lipinski definition) is 4. The molecule has 0 bridgehead atoms. The van der Waals surface area contributed by atoms with Gasteiger partial charge in [0, 0.05) is 17.7 Å². The summed E-state index contributed by atoms with van der Waals surface area (Å²) in [5.74, 6) is -0.687. The van der Waals surface area contributed by atoms with E-state index < -0.39 is 23.4 Å². The fraction of sp³-hybridized carbons (Fsp3) is 0.179. The maximum atomic E-state index is 13.9. The summed E-state index contributed by atoms with van der Waals surface area (Å²) in [4.78, 5) is 15.9. The molecule has 1 saturated heterocycles. The molecule has 0 unspecified atom stereocenters. The monoisotopic (exact) mass is 415 g/mol. The molecule has 1 fully saturated rings. The van der Waals surface area contributed by atoms with E-state index in [0.717, 1.165) is 22.3 Å². The van der Waals surface area contributed by atoms with Gasteiger partial charge in [-0.15, -0.1) is 0 Å². The van der Waals surface area contributed by atoms with Gasteiger partial charge in [0.2, 0.25) is 0 Å².